The Bertz CT molecular complexity index is 2310. The van der Waals surface area contributed by atoms with Crippen molar-refractivity contribution in [2.45, 2.75) is 75.8 Å². The maximum absolute atomic E-state index is 5.35. The zero-order valence-corrected chi connectivity index (χ0v) is 29.8. The van der Waals surface area contributed by atoms with Gasteiger partial charge in [-0.3, -0.25) is 0 Å². The molecule has 0 bridgehead atoms. The number of amidine groups is 2. The van der Waals surface area contributed by atoms with Crippen molar-refractivity contribution in [3.8, 4) is 0 Å². The highest BCUT2D eigenvalue weighted by Crippen LogP contribution is 2.51. The molecule has 4 aromatic carbocycles. The fourth-order valence-electron chi connectivity index (χ4n) is 9.78. The Hall–Kier alpha value is -5.28. The molecule has 0 saturated heterocycles. The van der Waals surface area contributed by atoms with E-state index in [-0.39, 0.29) is 12.1 Å². The summed E-state index contributed by atoms with van der Waals surface area (Å²) in [6.07, 6.45) is 29.6. The van der Waals surface area contributed by atoms with Gasteiger partial charge in [-0.15, -0.1) is 0 Å². The minimum Gasteiger partial charge on any atom is -0.325 e. The normalized spacial score (nSPS) is 24.9. The lowest BCUT2D eigenvalue weighted by molar-refractivity contribution is 0.602. The number of aryl methyl sites for hydroxylation is 1. The van der Waals surface area contributed by atoms with E-state index in [4.69, 9.17) is 9.98 Å². The van der Waals surface area contributed by atoms with Gasteiger partial charge in [-0.2, -0.15) is 0 Å². The minimum atomic E-state index is -0.304. The summed E-state index contributed by atoms with van der Waals surface area (Å²) in [6, 6.07) is 30.6. The Balaban J connectivity index is 1.15. The molecule has 3 nitrogen and oxygen atoms in total. The van der Waals surface area contributed by atoms with E-state index in [1.165, 1.54) is 76.3 Å². The number of nitrogens with one attached hydrogen (secondary N) is 1. The summed E-state index contributed by atoms with van der Waals surface area (Å²) < 4.78 is 0. The maximum Gasteiger partial charge on any atom is 0.169 e. The average Bonchev–Trinajstić information content (AvgIpc) is 3.23. The van der Waals surface area contributed by atoms with Crippen LogP contribution in [0.25, 0.3) is 16.8 Å². The number of hydrogen-bond donors (Lipinski definition) is 1. The van der Waals surface area contributed by atoms with Crippen molar-refractivity contribution in [2.24, 2.45) is 15.9 Å². The molecular formula is C49H45N3. The largest absolute Gasteiger partial charge is 0.325 e. The Kier molecular flexibility index (Phi) is 8.08. The first-order valence-electron chi connectivity index (χ1n) is 19.5. The zero-order chi connectivity index (χ0) is 34.4. The van der Waals surface area contributed by atoms with Crippen LogP contribution in [-0.4, -0.2) is 11.7 Å². The fourth-order valence-corrected chi connectivity index (χ4v) is 9.78. The van der Waals surface area contributed by atoms with Crippen LogP contribution in [0.5, 0.6) is 0 Å². The molecule has 4 aromatic rings. The molecule has 0 aromatic heterocycles. The fraction of sp³-hybridized carbons (Fsp3) is 0.265. The third-order valence-electron chi connectivity index (χ3n) is 12.3. The minimum absolute atomic E-state index is 0.215. The second-order valence-corrected chi connectivity index (χ2v) is 15.3. The monoisotopic (exact) mass is 675 g/mol. The predicted octanol–water partition coefficient (Wildman–Crippen LogP) is 11.8. The molecule has 0 fully saturated rings. The van der Waals surface area contributed by atoms with E-state index in [2.05, 4.69) is 139 Å². The van der Waals surface area contributed by atoms with Crippen LogP contribution < -0.4 is 5.32 Å². The molecule has 0 spiro atoms. The van der Waals surface area contributed by atoms with Gasteiger partial charge in [0, 0.05) is 17.4 Å². The van der Waals surface area contributed by atoms with E-state index < -0.39 is 0 Å². The van der Waals surface area contributed by atoms with Crippen molar-refractivity contribution in [2.75, 3.05) is 0 Å². The molecule has 1 aliphatic heterocycles. The van der Waals surface area contributed by atoms with Gasteiger partial charge in [0.15, 0.2) is 6.17 Å². The molecule has 1 heterocycles. The topological polar surface area (TPSA) is 36.8 Å². The summed E-state index contributed by atoms with van der Waals surface area (Å²) in [5.74, 6) is 3.12. The van der Waals surface area contributed by atoms with Gasteiger partial charge in [-0.25, -0.2) is 9.98 Å². The summed E-state index contributed by atoms with van der Waals surface area (Å²) in [6.45, 7) is 0. The first-order chi connectivity index (χ1) is 25.8. The highest BCUT2D eigenvalue weighted by atomic mass is 15.2. The molecule has 52 heavy (non-hydrogen) atoms. The number of rotatable bonds is 6. The third-order valence-corrected chi connectivity index (χ3v) is 12.3. The molecule has 10 rings (SSSR count). The van der Waals surface area contributed by atoms with E-state index in [1.807, 2.05) is 0 Å². The molecule has 0 saturated carbocycles. The van der Waals surface area contributed by atoms with Gasteiger partial charge in [0.1, 0.15) is 11.7 Å². The molecule has 0 amide bonds. The third kappa shape index (κ3) is 5.58. The Morgan fingerprint density at radius 2 is 1.60 bits per heavy atom. The smallest absolute Gasteiger partial charge is 0.169 e. The molecule has 0 radical (unpaired) electrons. The first kappa shape index (κ1) is 31.5. The van der Waals surface area contributed by atoms with Crippen molar-refractivity contribution < 1.29 is 0 Å². The predicted molar refractivity (Wildman–Crippen MR) is 217 cm³/mol. The van der Waals surface area contributed by atoms with Gasteiger partial charge >= 0.3 is 0 Å². The van der Waals surface area contributed by atoms with Gasteiger partial charge in [-0.05, 0) is 131 Å². The summed E-state index contributed by atoms with van der Waals surface area (Å²) >= 11 is 0. The van der Waals surface area contributed by atoms with Gasteiger partial charge < -0.3 is 5.32 Å². The molecule has 4 unspecified atom stereocenters. The quantitative estimate of drug-likeness (QED) is 0.203. The average molecular weight is 676 g/mol. The molecule has 6 aliphatic rings. The van der Waals surface area contributed by atoms with Crippen LogP contribution in [0.2, 0.25) is 0 Å². The van der Waals surface area contributed by atoms with Crippen molar-refractivity contribution >= 4 is 28.5 Å². The van der Waals surface area contributed by atoms with E-state index in [9.17, 15) is 0 Å². The van der Waals surface area contributed by atoms with Crippen molar-refractivity contribution in [3.05, 3.63) is 183 Å². The summed E-state index contributed by atoms with van der Waals surface area (Å²) in [5, 5.41) is 6.67. The Labute approximate surface area is 307 Å². The Morgan fingerprint density at radius 1 is 0.731 bits per heavy atom. The number of nitrogens with zero attached hydrogens (tertiary/aromatic N) is 2. The lowest BCUT2D eigenvalue weighted by atomic mass is 9.68. The molecule has 3 heteroatoms. The highest BCUT2D eigenvalue weighted by molar-refractivity contribution is 6.16. The second kappa shape index (κ2) is 13.4. The molecule has 256 valence electrons. The van der Waals surface area contributed by atoms with Crippen LogP contribution in [0.1, 0.15) is 103 Å². The molecule has 5 aliphatic carbocycles. The van der Waals surface area contributed by atoms with Gasteiger partial charge in [0.25, 0.3) is 0 Å². The van der Waals surface area contributed by atoms with Crippen molar-refractivity contribution in [1.29, 1.82) is 0 Å². The lowest BCUT2D eigenvalue weighted by Crippen LogP contribution is -2.37. The van der Waals surface area contributed by atoms with E-state index in [1.54, 1.807) is 11.1 Å². The summed E-state index contributed by atoms with van der Waals surface area (Å²) in [4.78, 5) is 10.5. The molecular weight excluding hydrogens is 631 g/mol. The van der Waals surface area contributed by atoms with Crippen LogP contribution >= 0.6 is 0 Å². The van der Waals surface area contributed by atoms with E-state index in [0.717, 1.165) is 48.5 Å². The van der Waals surface area contributed by atoms with E-state index >= 15 is 0 Å². The first-order valence-corrected chi connectivity index (χ1v) is 19.5. The summed E-state index contributed by atoms with van der Waals surface area (Å²) in [7, 11) is 0. The van der Waals surface area contributed by atoms with Crippen LogP contribution in [0.15, 0.2) is 160 Å². The Morgan fingerprint density at radius 3 is 2.46 bits per heavy atom. The van der Waals surface area contributed by atoms with Crippen LogP contribution in [0.4, 0.5) is 0 Å². The number of benzene rings is 4. The molecule has 1 N–H and O–H groups in total. The number of allylic oxidation sites excluding steroid dienone is 10. The number of aliphatic imine (C=N–C) groups is 2. The zero-order valence-electron chi connectivity index (χ0n) is 29.8. The van der Waals surface area contributed by atoms with Crippen molar-refractivity contribution in [3.63, 3.8) is 0 Å². The van der Waals surface area contributed by atoms with Crippen molar-refractivity contribution in [1.82, 2.24) is 5.32 Å². The van der Waals surface area contributed by atoms with Crippen LogP contribution in [-0.2, 0) is 6.42 Å². The van der Waals surface area contributed by atoms with Gasteiger partial charge in [0.05, 0.1) is 0 Å². The SMILES string of the molecule is C1=CC(C2=C(C3=CC=C(C4=NC(c5ccccc5)N=C(c5ccccc5)N4)CC3c3cc4cccc5c4c4c3C=CCC4CC5)CCC=C2)CCC1. The lowest BCUT2D eigenvalue weighted by Gasteiger charge is -2.36. The standard InChI is InChI=1S/C49H45N3/c1-4-14-32(15-5-1)39-23-10-11-24-40(39)41-29-28-38(49-51-47(35-16-6-2-7-17-35)50-48(52-49)36-18-8-3-9-19-36)31-43(41)44-30-37-22-12-20-33-26-27-34-21-13-25-42(44)46(34)45(33)37/h2-4,6-10,12-14,16-20,22-23,25,28-30,32,34,43,47H,1,5,11,15,21,24,26-27,31H2,(H,50,51,52). The van der Waals surface area contributed by atoms with E-state index in [0.29, 0.717) is 11.8 Å². The number of hydrogen-bond acceptors (Lipinski definition) is 3. The van der Waals surface area contributed by atoms with Crippen LogP contribution in [0, 0.1) is 5.92 Å². The second-order valence-electron chi connectivity index (χ2n) is 15.3. The van der Waals surface area contributed by atoms with Gasteiger partial charge in [0.2, 0.25) is 0 Å². The highest BCUT2D eigenvalue weighted by Gasteiger charge is 2.35. The van der Waals surface area contributed by atoms with Gasteiger partial charge in [-0.1, -0.05) is 127 Å². The van der Waals surface area contributed by atoms with Crippen LogP contribution in [0.3, 0.4) is 0 Å². The maximum atomic E-state index is 5.35. The molecule has 4 atom stereocenters. The summed E-state index contributed by atoms with van der Waals surface area (Å²) in [5.41, 5.74) is 14.1.